The van der Waals surface area contributed by atoms with E-state index in [9.17, 15) is 4.79 Å². The van der Waals surface area contributed by atoms with Crippen LogP contribution >= 0.6 is 0 Å². The molecular weight excluding hydrogens is 236 g/mol. The fraction of sp³-hybridized carbons (Fsp3) is 0.562. The smallest absolute Gasteiger partial charge is 0.248 e. The third-order valence-electron chi connectivity index (χ3n) is 3.42. The van der Waals surface area contributed by atoms with Crippen molar-refractivity contribution >= 4 is 11.6 Å². The van der Waals surface area contributed by atoms with Crippen LogP contribution in [0.4, 0.5) is 5.69 Å². The summed E-state index contributed by atoms with van der Waals surface area (Å²) in [5.41, 5.74) is 6.93. The number of rotatable bonds is 9. The van der Waals surface area contributed by atoms with Crippen LogP contribution in [-0.4, -0.2) is 19.5 Å². The summed E-state index contributed by atoms with van der Waals surface area (Å²) in [6.45, 7) is 3.26. The Morgan fingerprint density at radius 1 is 1.16 bits per heavy atom. The molecule has 3 nitrogen and oxygen atoms in total. The Labute approximate surface area is 116 Å². The number of nitrogens with zero attached hydrogens (tertiary/aromatic N) is 1. The summed E-state index contributed by atoms with van der Waals surface area (Å²) in [5.74, 6) is -0.366. The zero-order valence-electron chi connectivity index (χ0n) is 12.2. The molecule has 0 unspecified atom stereocenters. The van der Waals surface area contributed by atoms with Crippen LogP contribution in [0.2, 0.25) is 0 Å². The third kappa shape index (κ3) is 5.77. The van der Waals surface area contributed by atoms with Crippen LogP contribution in [0, 0.1) is 0 Å². The topological polar surface area (TPSA) is 46.3 Å². The number of unbranched alkanes of at least 4 members (excludes halogenated alkanes) is 5. The molecule has 0 aliphatic carbocycles. The van der Waals surface area contributed by atoms with Crippen molar-refractivity contribution in [2.75, 3.05) is 18.5 Å². The summed E-state index contributed by atoms with van der Waals surface area (Å²) < 4.78 is 0. The molecule has 0 spiro atoms. The van der Waals surface area contributed by atoms with Crippen molar-refractivity contribution < 1.29 is 4.79 Å². The Bertz CT molecular complexity index is 390. The van der Waals surface area contributed by atoms with E-state index in [-0.39, 0.29) is 5.91 Å². The largest absolute Gasteiger partial charge is 0.375 e. The van der Waals surface area contributed by atoms with Gasteiger partial charge in [-0.05, 0) is 24.6 Å². The molecule has 1 amide bonds. The highest BCUT2D eigenvalue weighted by Gasteiger charge is 2.04. The number of hydrogen-bond acceptors (Lipinski definition) is 2. The second kappa shape index (κ2) is 8.57. The Morgan fingerprint density at radius 3 is 2.53 bits per heavy atom. The molecule has 1 aromatic rings. The van der Waals surface area contributed by atoms with Crippen molar-refractivity contribution in [2.45, 2.75) is 45.4 Å². The number of benzene rings is 1. The first-order valence-electron chi connectivity index (χ1n) is 7.26. The van der Waals surface area contributed by atoms with Gasteiger partial charge in [-0.15, -0.1) is 0 Å². The average molecular weight is 262 g/mol. The van der Waals surface area contributed by atoms with Crippen molar-refractivity contribution in [2.24, 2.45) is 5.73 Å². The minimum atomic E-state index is -0.366. The maximum Gasteiger partial charge on any atom is 0.248 e. The summed E-state index contributed by atoms with van der Waals surface area (Å²) >= 11 is 0. The van der Waals surface area contributed by atoms with Crippen LogP contribution in [-0.2, 0) is 0 Å². The second-order valence-corrected chi connectivity index (χ2v) is 5.10. The van der Waals surface area contributed by atoms with Crippen molar-refractivity contribution in [3.05, 3.63) is 29.8 Å². The summed E-state index contributed by atoms with van der Waals surface area (Å²) in [5, 5.41) is 0. The van der Waals surface area contributed by atoms with E-state index < -0.39 is 0 Å². The van der Waals surface area contributed by atoms with E-state index in [1.807, 2.05) is 18.2 Å². The van der Waals surface area contributed by atoms with Gasteiger partial charge in [0.25, 0.3) is 0 Å². The maximum absolute atomic E-state index is 11.1. The number of primary amides is 1. The van der Waals surface area contributed by atoms with E-state index in [0.29, 0.717) is 5.56 Å². The van der Waals surface area contributed by atoms with Gasteiger partial charge in [-0.1, -0.05) is 45.1 Å². The van der Waals surface area contributed by atoms with Crippen molar-refractivity contribution in [3.63, 3.8) is 0 Å². The first kappa shape index (κ1) is 15.5. The van der Waals surface area contributed by atoms with E-state index >= 15 is 0 Å². The van der Waals surface area contributed by atoms with Crippen LogP contribution in [0.25, 0.3) is 0 Å². The van der Waals surface area contributed by atoms with Crippen molar-refractivity contribution in [1.82, 2.24) is 0 Å². The molecule has 0 aromatic heterocycles. The molecule has 0 bridgehead atoms. The second-order valence-electron chi connectivity index (χ2n) is 5.10. The van der Waals surface area contributed by atoms with Crippen LogP contribution in [0.1, 0.15) is 55.8 Å². The molecule has 106 valence electrons. The Kier molecular flexibility index (Phi) is 7.01. The van der Waals surface area contributed by atoms with Gasteiger partial charge in [-0.25, -0.2) is 0 Å². The number of hydrogen-bond donors (Lipinski definition) is 1. The maximum atomic E-state index is 11.1. The van der Waals surface area contributed by atoms with Gasteiger partial charge in [-0.3, -0.25) is 4.79 Å². The molecule has 0 aliphatic heterocycles. The van der Waals surface area contributed by atoms with Crippen LogP contribution < -0.4 is 10.6 Å². The lowest BCUT2D eigenvalue weighted by Crippen LogP contribution is -2.19. The van der Waals surface area contributed by atoms with Gasteiger partial charge in [0.1, 0.15) is 0 Å². The molecule has 19 heavy (non-hydrogen) atoms. The minimum absolute atomic E-state index is 0.366. The zero-order valence-corrected chi connectivity index (χ0v) is 12.2. The highest BCUT2D eigenvalue weighted by atomic mass is 16.1. The predicted octanol–water partition coefficient (Wildman–Crippen LogP) is 3.58. The van der Waals surface area contributed by atoms with Gasteiger partial charge in [0, 0.05) is 24.8 Å². The lowest BCUT2D eigenvalue weighted by atomic mass is 10.1. The number of amides is 1. The van der Waals surface area contributed by atoms with Gasteiger partial charge >= 0.3 is 0 Å². The number of carbonyl (C=O) groups excluding carboxylic acids is 1. The van der Waals surface area contributed by atoms with E-state index in [4.69, 9.17) is 5.73 Å². The van der Waals surface area contributed by atoms with Gasteiger partial charge in [-0.2, -0.15) is 0 Å². The summed E-state index contributed by atoms with van der Waals surface area (Å²) in [6.07, 6.45) is 7.78. The van der Waals surface area contributed by atoms with Crippen molar-refractivity contribution in [3.8, 4) is 0 Å². The van der Waals surface area contributed by atoms with Crippen LogP contribution in [0.3, 0.4) is 0 Å². The fourth-order valence-electron chi connectivity index (χ4n) is 2.16. The summed E-state index contributed by atoms with van der Waals surface area (Å²) in [6, 6.07) is 7.51. The molecule has 3 heteroatoms. The monoisotopic (exact) mass is 262 g/mol. The Balaban J connectivity index is 2.34. The van der Waals surface area contributed by atoms with Gasteiger partial charge in [0.05, 0.1) is 0 Å². The van der Waals surface area contributed by atoms with Gasteiger partial charge < -0.3 is 10.6 Å². The molecule has 2 N–H and O–H groups in total. The van der Waals surface area contributed by atoms with Gasteiger partial charge in [0.15, 0.2) is 0 Å². The van der Waals surface area contributed by atoms with E-state index in [1.165, 1.54) is 38.5 Å². The number of anilines is 1. The van der Waals surface area contributed by atoms with Crippen LogP contribution in [0.5, 0.6) is 0 Å². The quantitative estimate of drug-likeness (QED) is 0.691. The number of carbonyl (C=O) groups is 1. The minimum Gasteiger partial charge on any atom is -0.375 e. The first-order valence-corrected chi connectivity index (χ1v) is 7.26. The van der Waals surface area contributed by atoms with Crippen molar-refractivity contribution in [1.29, 1.82) is 0 Å². The highest BCUT2D eigenvalue weighted by Crippen LogP contribution is 2.15. The molecule has 0 saturated heterocycles. The molecule has 0 saturated carbocycles. The Morgan fingerprint density at radius 2 is 1.84 bits per heavy atom. The third-order valence-corrected chi connectivity index (χ3v) is 3.42. The van der Waals surface area contributed by atoms with Crippen LogP contribution in [0.15, 0.2) is 24.3 Å². The first-order chi connectivity index (χ1) is 9.15. The molecule has 1 rings (SSSR count). The van der Waals surface area contributed by atoms with Gasteiger partial charge in [0.2, 0.25) is 5.91 Å². The molecule has 0 heterocycles. The molecule has 1 aromatic carbocycles. The predicted molar refractivity (Wildman–Crippen MR) is 81.6 cm³/mol. The molecule has 0 aliphatic rings. The lowest BCUT2D eigenvalue weighted by molar-refractivity contribution is 0.100. The zero-order chi connectivity index (χ0) is 14.1. The normalized spacial score (nSPS) is 10.4. The summed E-state index contributed by atoms with van der Waals surface area (Å²) in [4.78, 5) is 13.3. The fourth-order valence-corrected chi connectivity index (χ4v) is 2.16. The number of nitrogens with two attached hydrogens (primary N) is 1. The SMILES string of the molecule is CCCCCCCCN(C)c1cccc(C(N)=O)c1. The Hall–Kier alpha value is -1.51. The van der Waals surface area contributed by atoms with E-state index in [1.54, 1.807) is 6.07 Å². The molecule has 0 radical (unpaired) electrons. The molecule has 0 fully saturated rings. The van der Waals surface area contributed by atoms with E-state index in [2.05, 4.69) is 18.9 Å². The average Bonchev–Trinajstić information content (AvgIpc) is 2.42. The summed E-state index contributed by atoms with van der Waals surface area (Å²) in [7, 11) is 2.06. The highest BCUT2D eigenvalue weighted by molar-refractivity contribution is 5.93. The van der Waals surface area contributed by atoms with E-state index in [0.717, 1.165) is 12.2 Å². The molecule has 0 atom stereocenters. The lowest BCUT2D eigenvalue weighted by Gasteiger charge is -2.19. The molecular formula is C16H26N2O. The standard InChI is InChI=1S/C16H26N2O/c1-3-4-5-6-7-8-12-18(2)15-11-9-10-14(13-15)16(17)19/h9-11,13H,3-8,12H2,1-2H3,(H2,17,19).